The third kappa shape index (κ3) is 2.61. The van der Waals surface area contributed by atoms with Crippen molar-refractivity contribution in [2.75, 3.05) is 5.32 Å². The van der Waals surface area contributed by atoms with Crippen LogP contribution in [0.5, 0.6) is 5.75 Å². The van der Waals surface area contributed by atoms with Gasteiger partial charge in [0.25, 0.3) is 5.91 Å². The van der Waals surface area contributed by atoms with Crippen molar-refractivity contribution >= 4 is 22.6 Å². The van der Waals surface area contributed by atoms with Crippen molar-refractivity contribution in [3.05, 3.63) is 59.4 Å². The summed E-state index contributed by atoms with van der Waals surface area (Å²) in [7, 11) is 0. The average Bonchev–Trinajstić information content (AvgIpc) is 2.46. The fourth-order valence-electron chi connectivity index (χ4n) is 2.39. The van der Waals surface area contributed by atoms with Crippen LogP contribution in [-0.4, -0.2) is 21.0 Å². The molecule has 2 aromatic carbocycles. The van der Waals surface area contributed by atoms with Crippen LogP contribution in [0.4, 0.5) is 5.95 Å². The lowest BCUT2D eigenvalue weighted by atomic mass is 10.0. The first-order chi connectivity index (χ1) is 10.5. The molecule has 1 aromatic heterocycles. The number of benzene rings is 2. The van der Waals surface area contributed by atoms with Crippen LogP contribution in [-0.2, 0) is 0 Å². The normalized spacial score (nSPS) is 10.6. The Labute approximate surface area is 127 Å². The molecular weight excluding hydrogens is 278 g/mol. The first kappa shape index (κ1) is 14.0. The maximum Gasteiger partial charge on any atom is 0.261 e. The summed E-state index contributed by atoms with van der Waals surface area (Å²) in [5, 5.41) is 14.4. The lowest BCUT2D eigenvalue weighted by molar-refractivity contribution is 0.102. The number of amides is 1. The van der Waals surface area contributed by atoms with Crippen LogP contribution in [0.15, 0.2) is 42.5 Å². The SMILES string of the molecule is Cc1cc(C)nc(NC(=O)c2ccc3ccccc3c2O)n1. The third-order valence-corrected chi connectivity index (χ3v) is 3.35. The fourth-order valence-corrected chi connectivity index (χ4v) is 2.39. The highest BCUT2D eigenvalue weighted by atomic mass is 16.3. The van der Waals surface area contributed by atoms with Gasteiger partial charge in [-0.05, 0) is 31.4 Å². The van der Waals surface area contributed by atoms with E-state index in [0.29, 0.717) is 5.39 Å². The highest BCUT2D eigenvalue weighted by molar-refractivity contribution is 6.09. The molecule has 0 unspecified atom stereocenters. The first-order valence-electron chi connectivity index (χ1n) is 6.89. The number of fused-ring (bicyclic) bond motifs is 1. The molecule has 110 valence electrons. The summed E-state index contributed by atoms with van der Waals surface area (Å²) in [6.45, 7) is 3.66. The number of aromatic hydroxyl groups is 1. The first-order valence-corrected chi connectivity index (χ1v) is 6.89. The minimum absolute atomic E-state index is 0.0417. The smallest absolute Gasteiger partial charge is 0.261 e. The van der Waals surface area contributed by atoms with E-state index >= 15 is 0 Å². The van der Waals surface area contributed by atoms with Gasteiger partial charge in [-0.1, -0.05) is 30.3 Å². The van der Waals surface area contributed by atoms with Gasteiger partial charge in [0.15, 0.2) is 0 Å². The van der Waals surface area contributed by atoms with Crippen molar-refractivity contribution in [1.82, 2.24) is 9.97 Å². The molecule has 0 radical (unpaired) electrons. The number of phenolic OH excluding ortho intramolecular Hbond substituents is 1. The quantitative estimate of drug-likeness (QED) is 0.760. The Kier molecular flexibility index (Phi) is 3.47. The Hall–Kier alpha value is -2.95. The molecule has 22 heavy (non-hydrogen) atoms. The topological polar surface area (TPSA) is 75.1 Å². The highest BCUT2D eigenvalue weighted by Gasteiger charge is 2.15. The lowest BCUT2D eigenvalue weighted by Crippen LogP contribution is -2.15. The van der Waals surface area contributed by atoms with Crippen molar-refractivity contribution in [3.8, 4) is 5.75 Å². The maximum atomic E-state index is 12.4. The minimum Gasteiger partial charge on any atom is -0.506 e. The van der Waals surface area contributed by atoms with E-state index in [2.05, 4.69) is 15.3 Å². The van der Waals surface area contributed by atoms with Crippen LogP contribution in [0.1, 0.15) is 21.7 Å². The van der Waals surface area contributed by atoms with E-state index in [4.69, 9.17) is 0 Å². The molecule has 0 fully saturated rings. The molecule has 3 rings (SSSR count). The van der Waals surface area contributed by atoms with E-state index in [1.165, 1.54) is 0 Å². The van der Waals surface area contributed by atoms with E-state index in [9.17, 15) is 9.90 Å². The number of phenols is 1. The number of aromatic nitrogens is 2. The molecule has 0 aliphatic heterocycles. The number of hydrogen-bond acceptors (Lipinski definition) is 4. The van der Waals surface area contributed by atoms with Crippen molar-refractivity contribution < 1.29 is 9.90 Å². The molecule has 5 heteroatoms. The number of rotatable bonds is 2. The van der Waals surface area contributed by atoms with Crippen LogP contribution in [0.2, 0.25) is 0 Å². The van der Waals surface area contributed by atoms with Crippen molar-refractivity contribution in [2.45, 2.75) is 13.8 Å². The van der Waals surface area contributed by atoms with Crippen LogP contribution in [0.25, 0.3) is 10.8 Å². The van der Waals surface area contributed by atoms with Crippen molar-refractivity contribution in [1.29, 1.82) is 0 Å². The van der Waals surface area contributed by atoms with Gasteiger partial charge in [-0.25, -0.2) is 9.97 Å². The average molecular weight is 293 g/mol. The lowest BCUT2D eigenvalue weighted by Gasteiger charge is -2.09. The van der Waals surface area contributed by atoms with Crippen LogP contribution < -0.4 is 5.32 Å². The predicted octanol–water partition coefficient (Wildman–Crippen LogP) is 3.20. The Morgan fingerprint density at radius 2 is 1.73 bits per heavy atom. The van der Waals surface area contributed by atoms with Gasteiger partial charge in [-0.2, -0.15) is 0 Å². The summed E-state index contributed by atoms with van der Waals surface area (Å²) in [6, 6.07) is 12.6. The number of nitrogens with one attached hydrogen (secondary N) is 1. The second-order valence-electron chi connectivity index (χ2n) is 5.11. The number of carbonyl (C=O) groups excluding carboxylic acids is 1. The molecule has 1 amide bonds. The Morgan fingerprint density at radius 1 is 1.05 bits per heavy atom. The fraction of sp³-hybridized carbons (Fsp3) is 0.118. The molecule has 0 aliphatic rings. The summed E-state index contributed by atoms with van der Waals surface area (Å²) >= 11 is 0. The highest BCUT2D eigenvalue weighted by Crippen LogP contribution is 2.28. The van der Waals surface area contributed by atoms with Crippen LogP contribution in [0.3, 0.4) is 0 Å². The number of aryl methyl sites for hydroxylation is 2. The van der Waals surface area contributed by atoms with E-state index in [-0.39, 0.29) is 17.3 Å². The van der Waals surface area contributed by atoms with E-state index < -0.39 is 5.91 Å². The van der Waals surface area contributed by atoms with E-state index in [1.54, 1.807) is 18.2 Å². The van der Waals surface area contributed by atoms with Gasteiger partial charge < -0.3 is 5.11 Å². The standard InChI is InChI=1S/C17H15N3O2/c1-10-9-11(2)19-17(18-10)20-16(22)14-8-7-12-5-3-4-6-13(12)15(14)21/h3-9,21H,1-2H3,(H,18,19,20,22). The largest absolute Gasteiger partial charge is 0.506 e. The Morgan fingerprint density at radius 3 is 2.45 bits per heavy atom. The predicted molar refractivity (Wildman–Crippen MR) is 85.1 cm³/mol. The summed E-state index contributed by atoms with van der Waals surface area (Å²) < 4.78 is 0. The molecular formula is C17H15N3O2. The molecule has 5 nitrogen and oxygen atoms in total. The second kappa shape index (κ2) is 5.44. The van der Waals surface area contributed by atoms with Gasteiger partial charge in [-0.3, -0.25) is 10.1 Å². The second-order valence-corrected chi connectivity index (χ2v) is 5.11. The Bertz CT molecular complexity index is 855. The number of hydrogen-bond donors (Lipinski definition) is 2. The van der Waals surface area contributed by atoms with Gasteiger partial charge in [0.1, 0.15) is 5.75 Å². The van der Waals surface area contributed by atoms with E-state index in [0.717, 1.165) is 16.8 Å². The van der Waals surface area contributed by atoms with Gasteiger partial charge >= 0.3 is 0 Å². The monoisotopic (exact) mass is 293 g/mol. The Balaban J connectivity index is 1.97. The zero-order chi connectivity index (χ0) is 15.7. The molecule has 1 heterocycles. The minimum atomic E-state index is -0.437. The molecule has 0 spiro atoms. The zero-order valence-electron chi connectivity index (χ0n) is 12.3. The van der Waals surface area contributed by atoms with Gasteiger partial charge in [-0.15, -0.1) is 0 Å². The maximum absolute atomic E-state index is 12.4. The number of carbonyl (C=O) groups is 1. The van der Waals surface area contributed by atoms with Gasteiger partial charge in [0.2, 0.25) is 5.95 Å². The molecule has 3 aromatic rings. The van der Waals surface area contributed by atoms with Crippen LogP contribution in [0, 0.1) is 13.8 Å². The number of anilines is 1. The molecule has 0 aliphatic carbocycles. The summed E-state index contributed by atoms with van der Waals surface area (Å²) in [5.74, 6) is -0.247. The number of nitrogens with zero attached hydrogens (tertiary/aromatic N) is 2. The third-order valence-electron chi connectivity index (χ3n) is 3.35. The zero-order valence-corrected chi connectivity index (χ0v) is 12.3. The van der Waals surface area contributed by atoms with Crippen molar-refractivity contribution in [3.63, 3.8) is 0 Å². The van der Waals surface area contributed by atoms with E-state index in [1.807, 2.05) is 38.1 Å². The van der Waals surface area contributed by atoms with Gasteiger partial charge in [0.05, 0.1) is 5.56 Å². The summed E-state index contributed by atoms with van der Waals surface area (Å²) in [6.07, 6.45) is 0. The molecule has 2 N–H and O–H groups in total. The summed E-state index contributed by atoms with van der Waals surface area (Å²) in [4.78, 5) is 20.7. The van der Waals surface area contributed by atoms with Gasteiger partial charge in [0, 0.05) is 16.8 Å². The molecule has 0 saturated carbocycles. The summed E-state index contributed by atoms with van der Waals surface area (Å²) in [5.41, 5.74) is 1.73. The molecule has 0 saturated heterocycles. The molecule has 0 bridgehead atoms. The van der Waals surface area contributed by atoms with Crippen molar-refractivity contribution in [2.24, 2.45) is 0 Å². The molecule has 0 atom stereocenters. The van der Waals surface area contributed by atoms with Crippen LogP contribution >= 0.6 is 0 Å².